The SMILES string of the molecule is Cc1cc(C)c(P(c2c(C)cc(C)cc2C)c2cccc3cccc(Sc4ccccc4)c23)c(C)c1. The first-order chi connectivity index (χ1) is 17.3. The first-order valence-electron chi connectivity index (χ1n) is 12.5. The predicted octanol–water partition coefficient (Wildman–Crippen LogP) is 8.60. The first kappa shape index (κ1) is 24.8. The molecule has 0 aliphatic heterocycles. The summed E-state index contributed by atoms with van der Waals surface area (Å²) in [5, 5.41) is 7.14. The summed E-state index contributed by atoms with van der Waals surface area (Å²) in [4.78, 5) is 2.60. The van der Waals surface area contributed by atoms with Gasteiger partial charge in [0.1, 0.15) is 0 Å². The lowest BCUT2D eigenvalue weighted by atomic mass is 10.1. The van der Waals surface area contributed by atoms with Gasteiger partial charge in [0.2, 0.25) is 0 Å². The summed E-state index contributed by atoms with van der Waals surface area (Å²) in [6.07, 6.45) is 0. The molecule has 180 valence electrons. The molecule has 0 aliphatic carbocycles. The van der Waals surface area contributed by atoms with Crippen molar-refractivity contribution in [3.05, 3.63) is 124 Å². The summed E-state index contributed by atoms with van der Waals surface area (Å²) in [6.45, 7) is 13.6. The molecule has 0 unspecified atom stereocenters. The van der Waals surface area contributed by atoms with Gasteiger partial charge in [0.15, 0.2) is 0 Å². The molecule has 0 amide bonds. The van der Waals surface area contributed by atoms with Gasteiger partial charge in [0, 0.05) is 15.2 Å². The minimum absolute atomic E-state index is 0.758. The van der Waals surface area contributed by atoms with Gasteiger partial charge >= 0.3 is 0 Å². The fourth-order valence-corrected chi connectivity index (χ4v) is 9.76. The molecule has 2 heteroatoms. The van der Waals surface area contributed by atoms with Crippen LogP contribution in [0.2, 0.25) is 0 Å². The second-order valence-electron chi connectivity index (χ2n) is 9.88. The Morgan fingerprint density at radius 2 is 1.03 bits per heavy atom. The molecule has 0 N–H and O–H groups in total. The average Bonchev–Trinajstić information content (AvgIpc) is 2.82. The van der Waals surface area contributed by atoms with Crippen molar-refractivity contribution in [1.29, 1.82) is 0 Å². The Hall–Kier alpha value is -2.86. The lowest BCUT2D eigenvalue weighted by Gasteiger charge is -2.28. The highest BCUT2D eigenvalue weighted by Crippen LogP contribution is 2.43. The Bertz CT molecular complexity index is 1460. The normalized spacial score (nSPS) is 11.4. The van der Waals surface area contributed by atoms with Crippen molar-refractivity contribution < 1.29 is 0 Å². The highest BCUT2D eigenvalue weighted by molar-refractivity contribution is 7.99. The van der Waals surface area contributed by atoms with Gasteiger partial charge in [-0.05, 0) is 111 Å². The largest absolute Gasteiger partial charge is 0.0894 e. The zero-order valence-corrected chi connectivity index (χ0v) is 23.7. The van der Waals surface area contributed by atoms with E-state index in [9.17, 15) is 0 Å². The topological polar surface area (TPSA) is 0 Å². The maximum absolute atomic E-state index is 2.39. The quantitative estimate of drug-likeness (QED) is 0.216. The summed E-state index contributed by atoms with van der Waals surface area (Å²) in [5.74, 6) is 0. The molecule has 0 bridgehead atoms. The Kier molecular flexibility index (Phi) is 7.07. The van der Waals surface area contributed by atoms with Gasteiger partial charge in [-0.3, -0.25) is 0 Å². The van der Waals surface area contributed by atoms with Gasteiger partial charge < -0.3 is 0 Å². The van der Waals surface area contributed by atoms with Crippen LogP contribution in [0.3, 0.4) is 0 Å². The van der Waals surface area contributed by atoms with Crippen molar-refractivity contribution in [2.45, 2.75) is 51.3 Å². The van der Waals surface area contributed by atoms with E-state index in [1.165, 1.54) is 69.9 Å². The Morgan fingerprint density at radius 3 is 1.56 bits per heavy atom. The van der Waals surface area contributed by atoms with Crippen molar-refractivity contribution >= 4 is 46.4 Å². The molecule has 36 heavy (non-hydrogen) atoms. The molecule has 5 rings (SSSR count). The van der Waals surface area contributed by atoms with Gasteiger partial charge in [0.25, 0.3) is 0 Å². The van der Waals surface area contributed by atoms with Crippen molar-refractivity contribution in [1.82, 2.24) is 0 Å². The first-order valence-corrected chi connectivity index (χ1v) is 14.7. The Morgan fingerprint density at radius 1 is 0.528 bits per heavy atom. The summed E-state index contributed by atoms with van der Waals surface area (Å²) in [7, 11) is -0.758. The minimum Gasteiger partial charge on any atom is -0.0894 e. The summed E-state index contributed by atoms with van der Waals surface area (Å²) in [5.41, 5.74) is 8.23. The third-order valence-electron chi connectivity index (χ3n) is 6.77. The molecule has 0 saturated heterocycles. The van der Waals surface area contributed by atoms with E-state index in [0.29, 0.717) is 0 Å². The molecular formula is C34H33PS. The van der Waals surface area contributed by atoms with Crippen molar-refractivity contribution in [2.75, 3.05) is 0 Å². The van der Waals surface area contributed by atoms with Gasteiger partial charge in [-0.25, -0.2) is 0 Å². The predicted molar refractivity (Wildman–Crippen MR) is 162 cm³/mol. The van der Waals surface area contributed by atoms with Crippen LogP contribution in [0.1, 0.15) is 33.4 Å². The van der Waals surface area contributed by atoms with Crippen LogP contribution in [-0.2, 0) is 0 Å². The van der Waals surface area contributed by atoms with Gasteiger partial charge in [-0.2, -0.15) is 0 Å². The Labute approximate surface area is 221 Å². The van der Waals surface area contributed by atoms with Crippen LogP contribution in [-0.4, -0.2) is 0 Å². The van der Waals surface area contributed by atoms with E-state index >= 15 is 0 Å². The van der Waals surface area contributed by atoms with Gasteiger partial charge in [-0.1, -0.05) is 95.7 Å². The molecule has 0 nitrogen and oxygen atoms in total. The summed E-state index contributed by atoms with van der Waals surface area (Å²) in [6, 6.07) is 33.9. The molecule has 0 aromatic heterocycles. The smallest absolute Gasteiger partial charge is 0.0207 e. The number of aryl methyl sites for hydroxylation is 6. The monoisotopic (exact) mass is 504 g/mol. The average molecular weight is 505 g/mol. The fourth-order valence-electron chi connectivity index (χ4n) is 5.58. The summed E-state index contributed by atoms with van der Waals surface area (Å²) >= 11 is 1.87. The maximum Gasteiger partial charge on any atom is 0.0207 e. The number of hydrogen-bond donors (Lipinski definition) is 0. The van der Waals surface area contributed by atoms with Crippen LogP contribution in [0.4, 0.5) is 0 Å². The van der Waals surface area contributed by atoms with Crippen LogP contribution in [0.15, 0.2) is 101 Å². The fraction of sp³-hybridized carbons (Fsp3) is 0.176. The molecule has 0 atom stereocenters. The van der Waals surface area contributed by atoms with E-state index in [1.807, 2.05) is 11.8 Å². The lowest BCUT2D eigenvalue weighted by Crippen LogP contribution is -2.28. The van der Waals surface area contributed by atoms with Gasteiger partial charge in [-0.15, -0.1) is 0 Å². The van der Waals surface area contributed by atoms with E-state index in [-0.39, 0.29) is 0 Å². The van der Waals surface area contributed by atoms with Crippen LogP contribution in [0, 0.1) is 41.5 Å². The van der Waals surface area contributed by atoms with E-state index in [0.717, 1.165) is 0 Å². The number of benzene rings is 5. The van der Waals surface area contributed by atoms with Crippen LogP contribution >= 0.6 is 19.7 Å². The zero-order valence-electron chi connectivity index (χ0n) is 22.0. The number of fused-ring (bicyclic) bond motifs is 1. The maximum atomic E-state index is 2.39. The highest BCUT2D eigenvalue weighted by atomic mass is 32.2. The molecule has 5 aromatic carbocycles. The van der Waals surface area contributed by atoms with Crippen molar-refractivity contribution in [3.8, 4) is 0 Å². The van der Waals surface area contributed by atoms with Crippen LogP contribution in [0.25, 0.3) is 10.8 Å². The van der Waals surface area contributed by atoms with Crippen molar-refractivity contribution in [3.63, 3.8) is 0 Å². The van der Waals surface area contributed by atoms with Crippen LogP contribution < -0.4 is 15.9 Å². The molecule has 0 saturated carbocycles. The van der Waals surface area contributed by atoms with E-state index in [2.05, 4.69) is 133 Å². The van der Waals surface area contributed by atoms with Crippen LogP contribution in [0.5, 0.6) is 0 Å². The second kappa shape index (κ2) is 10.3. The van der Waals surface area contributed by atoms with E-state index in [1.54, 1.807) is 0 Å². The standard InChI is InChI=1S/C34H33PS/c1-22-18-24(3)33(25(4)19-22)35(34-26(5)20-23(2)21-27(34)6)30-16-10-12-28-13-11-17-31(32(28)30)36-29-14-8-7-9-15-29/h7-21H,1-6H3. The number of rotatable bonds is 5. The van der Waals surface area contributed by atoms with E-state index < -0.39 is 7.92 Å². The Balaban J connectivity index is 1.85. The molecule has 5 aromatic rings. The van der Waals surface area contributed by atoms with E-state index in [4.69, 9.17) is 0 Å². The molecule has 0 aliphatic rings. The lowest BCUT2D eigenvalue weighted by molar-refractivity contribution is 1.35. The zero-order chi connectivity index (χ0) is 25.4. The van der Waals surface area contributed by atoms with Crippen molar-refractivity contribution in [2.24, 2.45) is 0 Å². The van der Waals surface area contributed by atoms with Gasteiger partial charge in [0.05, 0.1) is 0 Å². The summed E-state index contributed by atoms with van der Waals surface area (Å²) < 4.78 is 0. The molecular weight excluding hydrogens is 471 g/mol. The second-order valence-corrected chi connectivity index (χ2v) is 13.0. The highest BCUT2D eigenvalue weighted by Gasteiger charge is 2.26. The minimum atomic E-state index is -0.758. The molecule has 0 fully saturated rings. The third-order valence-corrected chi connectivity index (χ3v) is 11.0. The number of hydrogen-bond acceptors (Lipinski definition) is 1. The third kappa shape index (κ3) is 4.75. The molecule has 0 heterocycles. The molecule has 0 radical (unpaired) electrons. The molecule has 0 spiro atoms.